The summed E-state index contributed by atoms with van der Waals surface area (Å²) < 4.78 is 5.33. The van der Waals surface area contributed by atoms with E-state index in [-0.39, 0.29) is 5.91 Å². The molecule has 1 heterocycles. The van der Waals surface area contributed by atoms with Gasteiger partial charge in [-0.3, -0.25) is 4.79 Å². The van der Waals surface area contributed by atoms with Gasteiger partial charge in [0, 0.05) is 43.2 Å². The van der Waals surface area contributed by atoms with Gasteiger partial charge in [-0.25, -0.2) is 9.97 Å². The topological polar surface area (TPSA) is 76.1 Å². The Labute approximate surface area is 117 Å². The number of hydrogen-bond acceptors (Lipinski definition) is 5. The molecule has 0 unspecified atom stereocenters. The van der Waals surface area contributed by atoms with Crippen molar-refractivity contribution >= 4 is 17.5 Å². The Bertz CT molecular complexity index is 611. The van der Waals surface area contributed by atoms with Crippen LogP contribution < -0.4 is 15.4 Å². The normalized spacial score (nSPS) is 9.95. The summed E-state index contributed by atoms with van der Waals surface area (Å²) in [5.41, 5.74) is 2.33. The maximum absolute atomic E-state index is 11.1. The molecule has 0 fully saturated rings. The lowest BCUT2D eigenvalue weighted by Crippen LogP contribution is -2.06. The summed E-state index contributed by atoms with van der Waals surface area (Å²) in [5.74, 6) is 1.12. The molecule has 20 heavy (non-hydrogen) atoms. The summed E-state index contributed by atoms with van der Waals surface area (Å²) in [6.45, 7) is 1.47. The molecule has 2 rings (SSSR count). The van der Waals surface area contributed by atoms with Gasteiger partial charge in [-0.2, -0.15) is 0 Å². The van der Waals surface area contributed by atoms with E-state index in [4.69, 9.17) is 4.74 Å². The van der Waals surface area contributed by atoms with Gasteiger partial charge in [0.2, 0.25) is 11.9 Å². The molecule has 0 aliphatic rings. The smallest absolute Gasteiger partial charge is 0.222 e. The highest BCUT2D eigenvalue weighted by atomic mass is 16.5. The molecule has 0 saturated heterocycles. The summed E-state index contributed by atoms with van der Waals surface area (Å²) in [4.78, 5) is 19.5. The lowest BCUT2D eigenvalue weighted by atomic mass is 10.1. The fourth-order valence-corrected chi connectivity index (χ4v) is 1.81. The third kappa shape index (κ3) is 3.03. The second-order valence-corrected chi connectivity index (χ2v) is 4.14. The number of nitrogens with zero attached hydrogens (tertiary/aromatic N) is 2. The minimum atomic E-state index is -0.122. The number of carbonyl (C=O) groups is 1. The number of aromatic nitrogens is 2. The fraction of sp³-hybridized carbons (Fsp3) is 0.214. The Balaban J connectivity index is 2.43. The van der Waals surface area contributed by atoms with Crippen molar-refractivity contribution < 1.29 is 9.53 Å². The molecular weight excluding hydrogens is 256 g/mol. The highest BCUT2D eigenvalue weighted by Crippen LogP contribution is 2.32. The first kappa shape index (κ1) is 13.8. The van der Waals surface area contributed by atoms with Crippen LogP contribution in [0, 0.1) is 0 Å². The number of nitrogens with one attached hydrogen (secondary N) is 2. The maximum Gasteiger partial charge on any atom is 0.222 e. The number of methoxy groups -OCH3 is 1. The van der Waals surface area contributed by atoms with E-state index < -0.39 is 0 Å². The second kappa shape index (κ2) is 6.01. The summed E-state index contributed by atoms with van der Waals surface area (Å²) in [5, 5.41) is 5.60. The van der Waals surface area contributed by atoms with Crippen molar-refractivity contribution in [3.63, 3.8) is 0 Å². The fourth-order valence-electron chi connectivity index (χ4n) is 1.81. The quantitative estimate of drug-likeness (QED) is 0.892. The Morgan fingerprint density at radius 2 is 1.95 bits per heavy atom. The van der Waals surface area contributed by atoms with Crippen LogP contribution in [0.15, 0.2) is 30.6 Å². The van der Waals surface area contributed by atoms with Crippen molar-refractivity contribution in [2.45, 2.75) is 6.92 Å². The number of benzene rings is 1. The molecule has 0 radical (unpaired) electrons. The molecule has 0 spiro atoms. The number of hydrogen-bond donors (Lipinski definition) is 2. The largest absolute Gasteiger partial charge is 0.496 e. The van der Waals surface area contributed by atoms with Crippen molar-refractivity contribution in [1.82, 2.24) is 9.97 Å². The van der Waals surface area contributed by atoms with Gasteiger partial charge in [0.25, 0.3) is 0 Å². The van der Waals surface area contributed by atoms with E-state index in [1.165, 1.54) is 6.92 Å². The zero-order valence-electron chi connectivity index (χ0n) is 11.6. The van der Waals surface area contributed by atoms with Crippen molar-refractivity contribution in [2.24, 2.45) is 0 Å². The van der Waals surface area contributed by atoms with Gasteiger partial charge in [0.1, 0.15) is 5.75 Å². The standard InChI is InChI=1S/C14H16N4O2/c1-9(19)18-11-4-5-13(20-3)12(6-11)10-7-16-14(15-2)17-8-10/h4-8H,1-3H3,(H,18,19)(H,15,16,17). The van der Waals surface area contributed by atoms with E-state index in [9.17, 15) is 4.79 Å². The van der Waals surface area contributed by atoms with E-state index in [0.29, 0.717) is 17.4 Å². The van der Waals surface area contributed by atoms with Gasteiger partial charge in [-0.1, -0.05) is 0 Å². The van der Waals surface area contributed by atoms with Crippen molar-refractivity contribution in [3.8, 4) is 16.9 Å². The Morgan fingerprint density at radius 1 is 1.25 bits per heavy atom. The lowest BCUT2D eigenvalue weighted by molar-refractivity contribution is -0.114. The molecule has 0 bridgehead atoms. The van der Waals surface area contributed by atoms with Crippen LogP contribution in [0.3, 0.4) is 0 Å². The monoisotopic (exact) mass is 272 g/mol. The van der Waals surface area contributed by atoms with Crippen molar-refractivity contribution in [1.29, 1.82) is 0 Å². The Kier molecular flexibility index (Phi) is 4.14. The number of rotatable bonds is 4. The van der Waals surface area contributed by atoms with Gasteiger partial charge in [0.05, 0.1) is 7.11 Å². The van der Waals surface area contributed by atoms with E-state index in [1.807, 2.05) is 6.07 Å². The molecule has 0 atom stereocenters. The van der Waals surface area contributed by atoms with Gasteiger partial charge in [-0.15, -0.1) is 0 Å². The predicted octanol–water partition coefficient (Wildman–Crippen LogP) is 2.15. The minimum Gasteiger partial charge on any atom is -0.496 e. The van der Waals surface area contributed by atoms with Crippen LogP contribution in [0.5, 0.6) is 5.75 Å². The SMILES string of the molecule is CNc1ncc(-c2cc(NC(C)=O)ccc2OC)cn1. The average Bonchev–Trinajstić information content (AvgIpc) is 2.46. The highest BCUT2D eigenvalue weighted by Gasteiger charge is 2.09. The molecule has 104 valence electrons. The molecule has 6 heteroatoms. The van der Waals surface area contributed by atoms with E-state index in [0.717, 1.165) is 11.1 Å². The molecule has 0 aliphatic carbocycles. The average molecular weight is 272 g/mol. The molecule has 0 saturated carbocycles. The van der Waals surface area contributed by atoms with Gasteiger partial charge in [-0.05, 0) is 18.2 Å². The Morgan fingerprint density at radius 3 is 2.50 bits per heavy atom. The Hall–Kier alpha value is -2.63. The zero-order valence-corrected chi connectivity index (χ0v) is 11.6. The third-order valence-corrected chi connectivity index (χ3v) is 2.71. The van der Waals surface area contributed by atoms with Crippen LogP contribution in [-0.2, 0) is 4.79 Å². The van der Waals surface area contributed by atoms with Gasteiger partial charge in [0.15, 0.2) is 0 Å². The predicted molar refractivity (Wildman–Crippen MR) is 77.9 cm³/mol. The molecule has 6 nitrogen and oxygen atoms in total. The highest BCUT2D eigenvalue weighted by molar-refractivity contribution is 5.90. The van der Waals surface area contributed by atoms with Crippen LogP contribution >= 0.6 is 0 Å². The first-order chi connectivity index (χ1) is 9.63. The molecule has 2 N–H and O–H groups in total. The molecule has 1 aromatic heterocycles. The third-order valence-electron chi connectivity index (χ3n) is 2.71. The molecule has 2 aromatic rings. The summed E-state index contributed by atoms with van der Waals surface area (Å²) >= 11 is 0. The lowest BCUT2D eigenvalue weighted by Gasteiger charge is -2.11. The minimum absolute atomic E-state index is 0.122. The summed E-state index contributed by atoms with van der Waals surface area (Å²) in [6, 6.07) is 5.41. The van der Waals surface area contributed by atoms with Gasteiger partial charge >= 0.3 is 0 Å². The maximum atomic E-state index is 11.1. The second-order valence-electron chi connectivity index (χ2n) is 4.14. The van der Waals surface area contributed by atoms with E-state index in [1.54, 1.807) is 38.7 Å². The first-order valence-corrected chi connectivity index (χ1v) is 6.10. The summed E-state index contributed by atoms with van der Waals surface area (Å²) in [6.07, 6.45) is 3.41. The van der Waals surface area contributed by atoms with Crippen molar-refractivity contribution in [3.05, 3.63) is 30.6 Å². The van der Waals surface area contributed by atoms with Crippen LogP contribution in [0.4, 0.5) is 11.6 Å². The first-order valence-electron chi connectivity index (χ1n) is 6.10. The van der Waals surface area contributed by atoms with Crippen molar-refractivity contribution in [2.75, 3.05) is 24.8 Å². The number of ether oxygens (including phenoxy) is 1. The molecule has 0 aliphatic heterocycles. The van der Waals surface area contributed by atoms with E-state index >= 15 is 0 Å². The van der Waals surface area contributed by atoms with Crippen LogP contribution in [-0.4, -0.2) is 30.0 Å². The van der Waals surface area contributed by atoms with Crippen LogP contribution in [0.2, 0.25) is 0 Å². The summed E-state index contributed by atoms with van der Waals surface area (Å²) in [7, 11) is 3.35. The molecule has 1 amide bonds. The van der Waals surface area contributed by atoms with Crippen LogP contribution in [0.1, 0.15) is 6.92 Å². The molecule has 1 aromatic carbocycles. The zero-order chi connectivity index (χ0) is 14.5. The molecular formula is C14H16N4O2. The number of carbonyl (C=O) groups excluding carboxylic acids is 1. The van der Waals surface area contributed by atoms with Crippen LogP contribution in [0.25, 0.3) is 11.1 Å². The number of anilines is 2. The van der Waals surface area contributed by atoms with Gasteiger partial charge < -0.3 is 15.4 Å². The van der Waals surface area contributed by atoms with E-state index in [2.05, 4.69) is 20.6 Å². The number of amides is 1.